The molecule has 13 heteroatoms. The molecule has 2 heterocycles. The maximum absolute atomic E-state index is 13.7. The number of rotatable bonds is 4. The molecule has 196 valence electrons. The number of benzene rings is 1. The number of urea groups is 1. The van der Waals surface area contributed by atoms with Crippen LogP contribution in [0.25, 0.3) is 0 Å². The van der Waals surface area contributed by atoms with Crippen LogP contribution in [0.5, 0.6) is 11.5 Å². The number of amides is 6. The number of hydrogen-bond acceptors (Lipinski definition) is 7. The van der Waals surface area contributed by atoms with Crippen molar-refractivity contribution in [1.29, 1.82) is 0 Å². The number of carbonyl (C=O) groups is 5. The van der Waals surface area contributed by atoms with E-state index in [1.54, 1.807) is 31.2 Å². The average molecular weight is 615 g/mol. The van der Waals surface area contributed by atoms with Gasteiger partial charge in [0.05, 0.1) is 23.9 Å². The van der Waals surface area contributed by atoms with Crippen LogP contribution in [0.3, 0.4) is 0 Å². The summed E-state index contributed by atoms with van der Waals surface area (Å²) >= 11 is 17.3. The van der Waals surface area contributed by atoms with Gasteiger partial charge in [0.25, 0.3) is 11.8 Å². The van der Waals surface area contributed by atoms with Crippen molar-refractivity contribution in [2.45, 2.75) is 35.4 Å². The largest absolute Gasteiger partial charge is 0.504 e. The molecule has 5 rings (SSSR count). The number of primary amides is 1. The molecular formula is C24H22BrCl2N3O7. The summed E-state index contributed by atoms with van der Waals surface area (Å²) in [6, 6.07) is 3.50. The molecule has 2 aliphatic carbocycles. The highest BCUT2D eigenvalue weighted by Crippen LogP contribution is 2.66. The van der Waals surface area contributed by atoms with Gasteiger partial charge in [-0.25, -0.2) is 4.79 Å². The second-order valence-corrected chi connectivity index (χ2v) is 11.2. The third-order valence-electron chi connectivity index (χ3n) is 7.88. The lowest BCUT2D eigenvalue weighted by Gasteiger charge is -2.50. The molecule has 1 saturated carbocycles. The first-order valence-electron chi connectivity index (χ1n) is 11.6. The monoisotopic (exact) mass is 613 g/mol. The molecule has 2 saturated heterocycles. The second kappa shape index (κ2) is 8.71. The van der Waals surface area contributed by atoms with Gasteiger partial charge in [-0.1, -0.05) is 39.7 Å². The van der Waals surface area contributed by atoms with E-state index in [0.717, 1.165) is 4.90 Å². The van der Waals surface area contributed by atoms with Crippen molar-refractivity contribution in [2.75, 3.05) is 12.1 Å². The minimum absolute atomic E-state index is 0.0693. The highest BCUT2D eigenvalue weighted by Gasteiger charge is 2.76. The Bertz CT molecular complexity index is 1300. The van der Waals surface area contributed by atoms with Crippen LogP contribution in [0.1, 0.15) is 31.2 Å². The highest BCUT2D eigenvalue weighted by atomic mass is 79.9. The van der Waals surface area contributed by atoms with Crippen LogP contribution in [-0.2, 0) is 19.2 Å². The van der Waals surface area contributed by atoms with Gasteiger partial charge in [-0.2, -0.15) is 4.90 Å². The van der Waals surface area contributed by atoms with Crippen LogP contribution in [0.15, 0.2) is 29.8 Å². The van der Waals surface area contributed by atoms with Crippen LogP contribution < -0.4 is 10.5 Å². The number of allylic oxidation sites excluding steroid dienone is 2. The van der Waals surface area contributed by atoms with E-state index in [1.165, 1.54) is 0 Å². The van der Waals surface area contributed by atoms with Crippen LogP contribution in [0.4, 0.5) is 4.79 Å². The van der Waals surface area contributed by atoms with Gasteiger partial charge in [0.2, 0.25) is 11.8 Å². The van der Waals surface area contributed by atoms with Crippen molar-refractivity contribution in [3.8, 4) is 11.5 Å². The molecule has 6 unspecified atom stereocenters. The van der Waals surface area contributed by atoms with Crippen LogP contribution in [-0.4, -0.2) is 66.4 Å². The van der Waals surface area contributed by atoms with E-state index in [-0.39, 0.29) is 42.0 Å². The van der Waals surface area contributed by atoms with Gasteiger partial charge in [-0.3, -0.25) is 24.1 Å². The van der Waals surface area contributed by atoms with Gasteiger partial charge >= 0.3 is 6.03 Å². The first kappa shape index (κ1) is 26.0. The van der Waals surface area contributed by atoms with E-state index in [4.69, 9.17) is 33.7 Å². The Hall–Kier alpha value is -2.63. The number of fused-ring (bicyclic) bond motifs is 4. The van der Waals surface area contributed by atoms with E-state index in [1.807, 2.05) is 0 Å². The van der Waals surface area contributed by atoms with Gasteiger partial charge in [-0.05, 0) is 31.7 Å². The van der Waals surface area contributed by atoms with Crippen molar-refractivity contribution in [3.05, 3.63) is 35.4 Å². The Balaban J connectivity index is 1.75. The molecule has 0 bridgehead atoms. The molecule has 3 fully saturated rings. The van der Waals surface area contributed by atoms with Crippen molar-refractivity contribution >= 4 is 68.8 Å². The number of halogens is 3. The Morgan fingerprint density at radius 1 is 1.19 bits per heavy atom. The standard InChI is InChI=1S/C24H22BrCl2N3O7/c1-2-37-14-5-3-4-12(17(14)31)16-10-6-7-11-15(19(33)30(18(11)32)22(28)36)13(10)8-23(26)20(34)29(9-25)21(35)24(16,23)27/h3-6,11,13,15-16,31H,2,7-9H2,1H3,(H2,28,36). The predicted molar refractivity (Wildman–Crippen MR) is 134 cm³/mol. The number of carbonyl (C=O) groups excluding carboxylic acids is 5. The van der Waals surface area contributed by atoms with Crippen molar-refractivity contribution in [3.63, 3.8) is 0 Å². The minimum Gasteiger partial charge on any atom is -0.504 e. The predicted octanol–water partition coefficient (Wildman–Crippen LogP) is 2.58. The van der Waals surface area contributed by atoms with E-state index in [9.17, 15) is 29.1 Å². The molecule has 3 N–H and O–H groups in total. The molecule has 1 aromatic carbocycles. The zero-order valence-electron chi connectivity index (χ0n) is 19.4. The fourth-order valence-corrected chi connectivity index (χ4v) is 7.78. The quantitative estimate of drug-likeness (QED) is 0.229. The van der Waals surface area contributed by atoms with Crippen LogP contribution in [0, 0.1) is 17.8 Å². The lowest BCUT2D eigenvalue weighted by Crippen LogP contribution is -2.60. The van der Waals surface area contributed by atoms with Crippen LogP contribution in [0.2, 0.25) is 0 Å². The summed E-state index contributed by atoms with van der Waals surface area (Å²) in [6.45, 7) is 1.98. The molecule has 0 radical (unpaired) electrons. The molecule has 37 heavy (non-hydrogen) atoms. The smallest absolute Gasteiger partial charge is 0.328 e. The zero-order valence-corrected chi connectivity index (χ0v) is 22.5. The number of hydrogen-bond donors (Lipinski definition) is 2. The normalized spacial score (nSPS) is 34.8. The first-order chi connectivity index (χ1) is 17.4. The Kier molecular flexibility index (Phi) is 6.12. The molecule has 6 amide bonds. The lowest BCUT2D eigenvalue weighted by atomic mass is 9.56. The number of nitrogens with zero attached hydrogens (tertiary/aromatic N) is 2. The van der Waals surface area contributed by atoms with Gasteiger partial charge in [0.15, 0.2) is 21.2 Å². The topological polar surface area (TPSA) is 147 Å². The van der Waals surface area contributed by atoms with Gasteiger partial charge < -0.3 is 15.6 Å². The third-order valence-corrected chi connectivity index (χ3v) is 9.79. The highest BCUT2D eigenvalue weighted by molar-refractivity contribution is 9.09. The third kappa shape index (κ3) is 3.20. The fraction of sp³-hybridized carbons (Fsp3) is 0.458. The summed E-state index contributed by atoms with van der Waals surface area (Å²) in [5.74, 6) is -7.11. The molecule has 10 nitrogen and oxygen atoms in total. The molecule has 0 aromatic heterocycles. The van der Waals surface area contributed by atoms with Crippen molar-refractivity contribution < 1.29 is 33.8 Å². The summed E-state index contributed by atoms with van der Waals surface area (Å²) in [5.41, 5.74) is 5.80. The number of imide groups is 4. The Morgan fingerprint density at radius 2 is 1.89 bits per heavy atom. The summed E-state index contributed by atoms with van der Waals surface area (Å²) in [5, 5.41) is 11.2. The van der Waals surface area contributed by atoms with Crippen molar-refractivity contribution in [1.82, 2.24) is 9.80 Å². The van der Waals surface area contributed by atoms with Crippen molar-refractivity contribution in [2.24, 2.45) is 23.5 Å². The SMILES string of the molecule is CCOc1cccc(C2C3=CCC4C(=O)N(C(N)=O)C(=O)C4C3CC3(Cl)C(=O)N(CBr)C(=O)C23Cl)c1O. The number of alkyl halides is 3. The summed E-state index contributed by atoms with van der Waals surface area (Å²) in [6.07, 6.45) is 1.51. The maximum Gasteiger partial charge on any atom is 0.328 e. The minimum atomic E-state index is -2.06. The zero-order chi connectivity index (χ0) is 27.0. The average Bonchev–Trinajstić information content (AvgIpc) is 3.19. The molecule has 2 aliphatic heterocycles. The number of likely N-dealkylation sites (tertiary alicyclic amines) is 2. The molecule has 4 aliphatic rings. The molecule has 0 spiro atoms. The first-order valence-corrected chi connectivity index (χ1v) is 13.4. The number of phenols is 1. The summed E-state index contributed by atoms with van der Waals surface area (Å²) < 4.78 is 5.53. The molecule has 6 atom stereocenters. The van der Waals surface area contributed by atoms with Crippen LogP contribution >= 0.6 is 39.1 Å². The number of para-hydroxylation sites is 1. The lowest BCUT2D eigenvalue weighted by molar-refractivity contribution is -0.139. The fourth-order valence-electron chi connectivity index (χ4n) is 6.36. The number of nitrogens with two attached hydrogens (primary N) is 1. The maximum atomic E-state index is 13.7. The van der Waals surface area contributed by atoms with Gasteiger partial charge in [-0.15, -0.1) is 23.2 Å². The van der Waals surface area contributed by atoms with Gasteiger partial charge in [0.1, 0.15) is 0 Å². The van der Waals surface area contributed by atoms with Gasteiger partial charge in [0, 0.05) is 11.5 Å². The summed E-state index contributed by atoms with van der Waals surface area (Å²) in [4.78, 5) is 62.6. The second-order valence-electron chi connectivity index (χ2n) is 9.46. The molecular weight excluding hydrogens is 593 g/mol. The number of aromatic hydroxyl groups is 1. The van der Waals surface area contributed by atoms with E-state index in [2.05, 4.69) is 15.9 Å². The summed E-state index contributed by atoms with van der Waals surface area (Å²) in [7, 11) is 0. The number of ether oxygens (including phenoxy) is 1. The molecule has 1 aromatic rings. The van der Waals surface area contributed by atoms with E-state index >= 15 is 0 Å². The van der Waals surface area contributed by atoms with E-state index < -0.39 is 63.1 Å². The Labute approximate surface area is 229 Å². The van der Waals surface area contributed by atoms with E-state index in [0.29, 0.717) is 10.5 Å². The Morgan fingerprint density at radius 3 is 2.51 bits per heavy atom. The number of phenolic OH excluding ortho intramolecular Hbond substituents is 1.